The number of nitrogens with zero attached hydrogens (tertiary/aromatic N) is 2. The summed E-state index contributed by atoms with van der Waals surface area (Å²) < 4.78 is 5.49. The van der Waals surface area contributed by atoms with Crippen molar-refractivity contribution in [3.8, 4) is 0 Å². The van der Waals surface area contributed by atoms with Gasteiger partial charge in [-0.05, 0) is 30.2 Å². The Bertz CT molecular complexity index is 932. The lowest BCUT2D eigenvalue weighted by Gasteiger charge is -2.34. The third-order valence-electron chi connectivity index (χ3n) is 5.37. The van der Waals surface area contributed by atoms with E-state index in [4.69, 9.17) is 4.74 Å². The second kappa shape index (κ2) is 8.54. The molecule has 1 atom stereocenters. The molecule has 1 saturated heterocycles. The fourth-order valence-corrected chi connectivity index (χ4v) is 3.92. The Hall–Kier alpha value is -2.70. The lowest BCUT2D eigenvalue weighted by molar-refractivity contribution is 0.0153. The number of carbonyl (C=O) groups is 1. The average molecular weight is 378 g/mol. The van der Waals surface area contributed by atoms with E-state index in [2.05, 4.69) is 33.2 Å². The molecule has 0 saturated carbocycles. The fourth-order valence-electron chi connectivity index (χ4n) is 3.92. The lowest BCUT2D eigenvalue weighted by atomic mass is 10.1. The number of aryl methyl sites for hydroxylation is 1. The van der Waals surface area contributed by atoms with E-state index in [9.17, 15) is 4.79 Å². The standard InChI is InChI=1S/C22H26N4O2/c1-2-16-17-7-3-4-8-18(17)25-21(16)22(27)24-15-20(19-9-5-6-10-23-19)26-11-13-28-14-12-26/h3-10,20,25H,2,11-15H2,1H3,(H,24,27). The molecule has 0 bridgehead atoms. The molecular formula is C22H26N4O2. The number of pyridine rings is 1. The monoisotopic (exact) mass is 378 g/mol. The fraction of sp³-hybridized carbons (Fsp3) is 0.364. The molecule has 1 aliphatic rings. The van der Waals surface area contributed by atoms with Crippen molar-refractivity contribution in [2.45, 2.75) is 19.4 Å². The van der Waals surface area contributed by atoms with Crippen LogP contribution in [0.15, 0.2) is 48.7 Å². The molecule has 1 aliphatic heterocycles. The maximum atomic E-state index is 13.0. The number of benzene rings is 1. The molecule has 0 spiro atoms. The van der Waals surface area contributed by atoms with Crippen LogP contribution in [0.3, 0.4) is 0 Å². The van der Waals surface area contributed by atoms with Crippen LogP contribution in [-0.2, 0) is 11.2 Å². The first-order valence-corrected chi connectivity index (χ1v) is 9.88. The SMILES string of the molecule is CCc1c(C(=O)NCC(c2ccccn2)N2CCOCC2)[nH]c2ccccc12. The van der Waals surface area contributed by atoms with Gasteiger partial charge in [0.1, 0.15) is 5.69 Å². The van der Waals surface area contributed by atoms with Gasteiger partial charge in [0.15, 0.2) is 0 Å². The van der Waals surface area contributed by atoms with Crippen LogP contribution in [-0.4, -0.2) is 53.6 Å². The summed E-state index contributed by atoms with van der Waals surface area (Å²) in [5.41, 5.74) is 3.69. The van der Waals surface area contributed by atoms with Crippen molar-refractivity contribution in [3.05, 3.63) is 65.6 Å². The molecule has 6 nitrogen and oxygen atoms in total. The number of aromatic nitrogens is 2. The molecule has 1 aromatic carbocycles. The van der Waals surface area contributed by atoms with Crippen LogP contribution >= 0.6 is 0 Å². The van der Waals surface area contributed by atoms with E-state index in [0.29, 0.717) is 25.5 Å². The highest BCUT2D eigenvalue weighted by Gasteiger charge is 2.25. The number of morpholine rings is 1. The van der Waals surface area contributed by atoms with Crippen LogP contribution in [0.5, 0.6) is 0 Å². The Morgan fingerprint density at radius 3 is 2.75 bits per heavy atom. The Morgan fingerprint density at radius 2 is 2.00 bits per heavy atom. The largest absolute Gasteiger partial charge is 0.379 e. The van der Waals surface area contributed by atoms with Crippen LogP contribution in [0.25, 0.3) is 10.9 Å². The number of aromatic amines is 1. The predicted octanol–water partition coefficient (Wildman–Crippen LogP) is 2.93. The maximum Gasteiger partial charge on any atom is 0.268 e. The third kappa shape index (κ3) is 3.79. The number of nitrogens with one attached hydrogen (secondary N) is 2. The molecule has 1 unspecified atom stereocenters. The molecule has 2 N–H and O–H groups in total. The van der Waals surface area contributed by atoms with Gasteiger partial charge in [0.05, 0.1) is 24.9 Å². The molecule has 0 aliphatic carbocycles. The Labute approximate surface area is 164 Å². The van der Waals surface area contributed by atoms with E-state index in [1.165, 1.54) is 0 Å². The first kappa shape index (κ1) is 18.7. The van der Waals surface area contributed by atoms with E-state index in [1.807, 2.05) is 36.4 Å². The van der Waals surface area contributed by atoms with Gasteiger partial charge in [-0.3, -0.25) is 14.7 Å². The molecule has 1 amide bonds. The molecule has 1 fully saturated rings. The van der Waals surface area contributed by atoms with Crippen molar-refractivity contribution < 1.29 is 9.53 Å². The van der Waals surface area contributed by atoms with Crippen molar-refractivity contribution in [1.82, 2.24) is 20.2 Å². The zero-order chi connectivity index (χ0) is 19.3. The number of hydrogen-bond acceptors (Lipinski definition) is 4. The Morgan fingerprint density at radius 1 is 1.21 bits per heavy atom. The number of para-hydroxylation sites is 1. The lowest BCUT2D eigenvalue weighted by Crippen LogP contribution is -2.44. The zero-order valence-corrected chi connectivity index (χ0v) is 16.1. The molecule has 3 aromatic rings. The summed E-state index contributed by atoms with van der Waals surface area (Å²) in [6.07, 6.45) is 2.61. The van der Waals surface area contributed by atoms with E-state index < -0.39 is 0 Å². The number of carbonyl (C=O) groups excluding carboxylic acids is 1. The van der Waals surface area contributed by atoms with Gasteiger partial charge in [0.2, 0.25) is 0 Å². The van der Waals surface area contributed by atoms with Crippen molar-refractivity contribution in [2.75, 3.05) is 32.8 Å². The van der Waals surface area contributed by atoms with Crippen LogP contribution in [0, 0.1) is 0 Å². The minimum absolute atomic E-state index is 0.0310. The van der Waals surface area contributed by atoms with E-state index in [-0.39, 0.29) is 11.9 Å². The number of hydrogen-bond donors (Lipinski definition) is 2. The van der Waals surface area contributed by atoms with Gasteiger partial charge in [-0.15, -0.1) is 0 Å². The highest BCUT2D eigenvalue weighted by Crippen LogP contribution is 2.24. The van der Waals surface area contributed by atoms with Crippen molar-refractivity contribution in [2.24, 2.45) is 0 Å². The summed E-state index contributed by atoms with van der Waals surface area (Å²) in [6.45, 7) is 5.68. The molecule has 3 heterocycles. The smallest absolute Gasteiger partial charge is 0.268 e. The normalized spacial score (nSPS) is 16.2. The number of ether oxygens (including phenoxy) is 1. The highest BCUT2D eigenvalue weighted by atomic mass is 16.5. The molecule has 28 heavy (non-hydrogen) atoms. The Kier molecular flexibility index (Phi) is 5.69. The molecule has 4 rings (SSSR count). The molecule has 0 radical (unpaired) electrons. The first-order chi connectivity index (χ1) is 13.8. The molecule has 6 heteroatoms. The second-order valence-electron chi connectivity index (χ2n) is 7.01. The zero-order valence-electron chi connectivity index (χ0n) is 16.1. The van der Waals surface area contributed by atoms with Gasteiger partial charge < -0.3 is 15.0 Å². The van der Waals surface area contributed by atoms with E-state index in [0.717, 1.165) is 41.7 Å². The molecule has 146 valence electrons. The highest BCUT2D eigenvalue weighted by molar-refractivity contribution is 6.01. The van der Waals surface area contributed by atoms with Crippen LogP contribution in [0.2, 0.25) is 0 Å². The van der Waals surface area contributed by atoms with Crippen molar-refractivity contribution >= 4 is 16.8 Å². The van der Waals surface area contributed by atoms with Crippen LogP contribution in [0.4, 0.5) is 0 Å². The number of H-pyrrole nitrogens is 1. The minimum atomic E-state index is -0.0674. The summed E-state index contributed by atoms with van der Waals surface area (Å²) in [4.78, 5) is 23.2. The van der Waals surface area contributed by atoms with Gasteiger partial charge in [-0.1, -0.05) is 31.2 Å². The Balaban J connectivity index is 1.54. The summed E-state index contributed by atoms with van der Waals surface area (Å²) in [7, 11) is 0. The number of amides is 1. The second-order valence-corrected chi connectivity index (χ2v) is 7.01. The van der Waals surface area contributed by atoms with E-state index in [1.54, 1.807) is 6.20 Å². The van der Waals surface area contributed by atoms with Gasteiger partial charge >= 0.3 is 0 Å². The topological polar surface area (TPSA) is 70.2 Å². The van der Waals surface area contributed by atoms with Gasteiger partial charge in [-0.2, -0.15) is 0 Å². The average Bonchev–Trinajstić information content (AvgIpc) is 3.14. The third-order valence-corrected chi connectivity index (χ3v) is 5.37. The predicted molar refractivity (Wildman–Crippen MR) is 109 cm³/mol. The van der Waals surface area contributed by atoms with Crippen LogP contribution < -0.4 is 5.32 Å². The van der Waals surface area contributed by atoms with Crippen molar-refractivity contribution in [3.63, 3.8) is 0 Å². The summed E-state index contributed by atoms with van der Waals surface area (Å²) >= 11 is 0. The number of fused-ring (bicyclic) bond motifs is 1. The van der Waals surface area contributed by atoms with Crippen molar-refractivity contribution in [1.29, 1.82) is 0 Å². The minimum Gasteiger partial charge on any atom is -0.379 e. The quantitative estimate of drug-likeness (QED) is 0.692. The van der Waals surface area contributed by atoms with Gasteiger partial charge in [-0.25, -0.2) is 0 Å². The summed E-state index contributed by atoms with van der Waals surface area (Å²) in [5.74, 6) is -0.0674. The van der Waals surface area contributed by atoms with E-state index >= 15 is 0 Å². The summed E-state index contributed by atoms with van der Waals surface area (Å²) in [5, 5.41) is 4.25. The van der Waals surface area contributed by atoms with Gasteiger partial charge in [0, 0.05) is 36.7 Å². The van der Waals surface area contributed by atoms with Crippen LogP contribution in [0.1, 0.15) is 34.7 Å². The summed E-state index contributed by atoms with van der Waals surface area (Å²) in [6, 6.07) is 14.0. The first-order valence-electron chi connectivity index (χ1n) is 9.88. The van der Waals surface area contributed by atoms with Gasteiger partial charge in [0.25, 0.3) is 5.91 Å². The molecular weight excluding hydrogens is 352 g/mol. The molecule has 2 aromatic heterocycles. The maximum absolute atomic E-state index is 13.0. The number of rotatable bonds is 6.